The van der Waals surface area contributed by atoms with Gasteiger partial charge in [0, 0.05) is 6.04 Å². The van der Waals surface area contributed by atoms with Crippen LogP contribution in [0.4, 0.5) is 0 Å². The summed E-state index contributed by atoms with van der Waals surface area (Å²) in [5.41, 5.74) is 0.346. The number of nitrogens with one attached hydrogen (secondary N) is 1. The van der Waals surface area contributed by atoms with E-state index in [9.17, 15) is 0 Å². The molecule has 0 amide bonds. The fraction of sp³-hybridized carbons (Fsp3) is 0.882. The van der Waals surface area contributed by atoms with Crippen molar-refractivity contribution in [2.75, 3.05) is 6.54 Å². The van der Waals surface area contributed by atoms with Crippen molar-refractivity contribution in [2.24, 2.45) is 23.2 Å². The summed E-state index contributed by atoms with van der Waals surface area (Å²) in [5, 5.41) is 3.78. The quantitative estimate of drug-likeness (QED) is 0.650. The molecule has 18 heavy (non-hydrogen) atoms. The Balaban J connectivity index is 2.39. The predicted molar refractivity (Wildman–Crippen MR) is 81.7 cm³/mol. The van der Waals surface area contributed by atoms with Gasteiger partial charge >= 0.3 is 0 Å². The van der Waals surface area contributed by atoms with E-state index in [0.717, 1.165) is 11.8 Å². The summed E-state index contributed by atoms with van der Waals surface area (Å²) < 4.78 is 0. The molecule has 0 bridgehead atoms. The van der Waals surface area contributed by atoms with Crippen LogP contribution in [-0.2, 0) is 0 Å². The highest BCUT2D eigenvalue weighted by atomic mass is 14.9. The Morgan fingerprint density at radius 2 is 1.94 bits per heavy atom. The van der Waals surface area contributed by atoms with E-state index in [-0.39, 0.29) is 0 Å². The highest BCUT2D eigenvalue weighted by Gasteiger charge is 2.38. The number of hydrogen-bond acceptors (Lipinski definition) is 1. The van der Waals surface area contributed by atoms with Gasteiger partial charge in [-0.25, -0.2) is 0 Å². The summed E-state index contributed by atoms with van der Waals surface area (Å²) in [6.07, 6.45) is 8.84. The highest BCUT2D eigenvalue weighted by Crippen LogP contribution is 2.42. The van der Waals surface area contributed by atoms with Crippen LogP contribution in [0.15, 0.2) is 12.2 Å². The molecule has 4 unspecified atom stereocenters. The van der Waals surface area contributed by atoms with Crippen LogP contribution < -0.4 is 5.32 Å². The van der Waals surface area contributed by atoms with E-state index in [1.54, 1.807) is 0 Å². The second kappa shape index (κ2) is 6.75. The summed E-state index contributed by atoms with van der Waals surface area (Å²) in [6.45, 7) is 15.3. The van der Waals surface area contributed by atoms with E-state index in [1.807, 2.05) is 0 Å². The van der Waals surface area contributed by atoms with Crippen LogP contribution in [0, 0.1) is 23.2 Å². The summed E-state index contributed by atoms with van der Waals surface area (Å²) in [7, 11) is 0. The van der Waals surface area contributed by atoms with E-state index in [2.05, 4.69) is 59.0 Å². The van der Waals surface area contributed by atoms with Crippen LogP contribution in [0.25, 0.3) is 0 Å². The largest absolute Gasteiger partial charge is 0.314 e. The van der Waals surface area contributed by atoms with E-state index in [0.29, 0.717) is 17.4 Å². The van der Waals surface area contributed by atoms with Crippen LogP contribution in [0.5, 0.6) is 0 Å². The van der Waals surface area contributed by atoms with Gasteiger partial charge in [-0.1, -0.05) is 59.6 Å². The Kier molecular flexibility index (Phi) is 5.91. The molecule has 1 aliphatic rings. The van der Waals surface area contributed by atoms with Crippen molar-refractivity contribution in [1.29, 1.82) is 0 Å². The standard InChI is InChI=1S/C17H33N/c1-7-8-9-13(2)12-18-15(4)16-14(3)10-11-17(16,5)6/h10-11,13-16,18H,7-9,12H2,1-6H3. The molecule has 1 heteroatoms. The van der Waals surface area contributed by atoms with Crippen LogP contribution in [-0.4, -0.2) is 12.6 Å². The Hall–Kier alpha value is -0.300. The molecule has 0 heterocycles. The van der Waals surface area contributed by atoms with Crippen LogP contribution >= 0.6 is 0 Å². The summed E-state index contributed by atoms with van der Waals surface area (Å²) in [5.74, 6) is 2.24. The highest BCUT2D eigenvalue weighted by molar-refractivity contribution is 5.12. The molecule has 0 saturated carbocycles. The van der Waals surface area contributed by atoms with Gasteiger partial charge < -0.3 is 5.32 Å². The maximum atomic E-state index is 3.78. The van der Waals surface area contributed by atoms with Crippen molar-refractivity contribution in [3.05, 3.63) is 12.2 Å². The van der Waals surface area contributed by atoms with E-state index < -0.39 is 0 Å². The molecule has 0 aromatic heterocycles. The Bertz CT molecular complexity index is 267. The van der Waals surface area contributed by atoms with Crippen molar-refractivity contribution in [3.8, 4) is 0 Å². The van der Waals surface area contributed by atoms with Gasteiger partial charge in [0.05, 0.1) is 0 Å². The van der Waals surface area contributed by atoms with Gasteiger partial charge in [0.15, 0.2) is 0 Å². The third-order valence-electron chi connectivity index (χ3n) is 4.63. The van der Waals surface area contributed by atoms with Crippen LogP contribution in [0.2, 0.25) is 0 Å². The average molecular weight is 251 g/mol. The summed E-state index contributed by atoms with van der Waals surface area (Å²) in [4.78, 5) is 0. The zero-order chi connectivity index (χ0) is 13.8. The van der Waals surface area contributed by atoms with Gasteiger partial charge in [-0.15, -0.1) is 0 Å². The first-order valence-corrected chi connectivity index (χ1v) is 7.81. The molecule has 1 nitrogen and oxygen atoms in total. The zero-order valence-corrected chi connectivity index (χ0v) is 13.3. The molecule has 0 aromatic rings. The number of allylic oxidation sites excluding steroid dienone is 2. The topological polar surface area (TPSA) is 12.0 Å². The third kappa shape index (κ3) is 4.12. The van der Waals surface area contributed by atoms with Gasteiger partial charge in [-0.2, -0.15) is 0 Å². The van der Waals surface area contributed by atoms with Gasteiger partial charge in [-0.3, -0.25) is 0 Å². The SMILES string of the molecule is CCCCC(C)CNC(C)C1C(C)C=CC1(C)C. The molecule has 0 fully saturated rings. The lowest BCUT2D eigenvalue weighted by molar-refractivity contribution is 0.191. The lowest BCUT2D eigenvalue weighted by Gasteiger charge is -2.35. The fourth-order valence-corrected chi connectivity index (χ4v) is 3.58. The van der Waals surface area contributed by atoms with Gasteiger partial charge in [-0.05, 0) is 43.1 Å². The van der Waals surface area contributed by atoms with Gasteiger partial charge in [0.2, 0.25) is 0 Å². The first-order chi connectivity index (χ1) is 8.38. The second-order valence-corrected chi connectivity index (χ2v) is 7.01. The van der Waals surface area contributed by atoms with Gasteiger partial charge in [0.25, 0.3) is 0 Å². The summed E-state index contributed by atoms with van der Waals surface area (Å²) >= 11 is 0. The monoisotopic (exact) mass is 251 g/mol. The molecule has 1 N–H and O–H groups in total. The molecule has 0 spiro atoms. The maximum absolute atomic E-state index is 3.78. The lowest BCUT2D eigenvalue weighted by Crippen LogP contribution is -2.42. The first-order valence-electron chi connectivity index (χ1n) is 7.81. The normalized spacial score (nSPS) is 29.4. The molecule has 106 valence electrons. The zero-order valence-electron chi connectivity index (χ0n) is 13.3. The Morgan fingerprint density at radius 1 is 1.28 bits per heavy atom. The minimum absolute atomic E-state index is 0.346. The van der Waals surface area contributed by atoms with E-state index in [4.69, 9.17) is 0 Å². The van der Waals surface area contributed by atoms with E-state index >= 15 is 0 Å². The summed E-state index contributed by atoms with van der Waals surface area (Å²) in [6, 6.07) is 0.606. The third-order valence-corrected chi connectivity index (χ3v) is 4.63. The molecule has 4 atom stereocenters. The minimum Gasteiger partial charge on any atom is -0.314 e. The first kappa shape index (κ1) is 15.8. The maximum Gasteiger partial charge on any atom is 0.00807 e. The molecular formula is C17H33N. The molecular weight excluding hydrogens is 218 g/mol. The van der Waals surface area contributed by atoms with Gasteiger partial charge in [0.1, 0.15) is 0 Å². The van der Waals surface area contributed by atoms with Crippen LogP contribution in [0.1, 0.15) is 60.8 Å². The van der Waals surface area contributed by atoms with Crippen molar-refractivity contribution < 1.29 is 0 Å². The average Bonchev–Trinajstić information content (AvgIpc) is 2.57. The molecule has 1 rings (SSSR count). The smallest absolute Gasteiger partial charge is 0.00807 e. The fourth-order valence-electron chi connectivity index (χ4n) is 3.58. The van der Waals surface area contributed by atoms with E-state index in [1.165, 1.54) is 25.8 Å². The number of rotatable bonds is 7. The van der Waals surface area contributed by atoms with Crippen LogP contribution in [0.3, 0.4) is 0 Å². The second-order valence-electron chi connectivity index (χ2n) is 7.01. The van der Waals surface area contributed by atoms with Crippen molar-refractivity contribution in [3.63, 3.8) is 0 Å². The number of unbranched alkanes of at least 4 members (excludes halogenated alkanes) is 1. The predicted octanol–water partition coefficient (Wildman–Crippen LogP) is 4.64. The van der Waals surface area contributed by atoms with Crippen molar-refractivity contribution in [2.45, 2.75) is 66.8 Å². The minimum atomic E-state index is 0.346. The molecule has 0 aliphatic heterocycles. The molecule has 0 radical (unpaired) electrons. The number of hydrogen-bond donors (Lipinski definition) is 1. The lowest BCUT2D eigenvalue weighted by atomic mass is 9.74. The van der Waals surface area contributed by atoms with Crippen molar-refractivity contribution >= 4 is 0 Å². The van der Waals surface area contributed by atoms with Crippen molar-refractivity contribution in [1.82, 2.24) is 5.32 Å². The molecule has 0 aromatic carbocycles. The molecule has 1 aliphatic carbocycles. The molecule has 0 saturated heterocycles. The Morgan fingerprint density at radius 3 is 2.44 bits per heavy atom. The Labute approximate surface area is 114 Å².